The summed E-state index contributed by atoms with van der Waals surface area (Å²) >= 11 is 5.28. The summed E-state index contributed by atoms with van der Waals surface area (Å²) in [5.41, 5.74) is 1.94. The van der Waals surface area contributed by atoms with Crippen LogP contribution >= 0.6 is 24.4 Å². The molecule has 0 radical (unpaired) electrons. The summed E-state index contributed by atoms with van der Waals surface area (Å²) in [7, 11) is 3.67. The minimum Gasteiger partial charge on any atom is -0.467 e. The van der Waals surface area contributed by atoms with E-state index in [0.717, 1.165) is 37.6 Å². The van der Waals surface area contributed by atoms with Crippen LogP contribution in [0.25, 0.3) is 10.9 Å². The van der Waals surface area contributed by atoms with Gasteiger partial charge in [-0.3, -0.25) is 5.10 Å². The van der Waals surface area contributed by atoms with Crippen molar-refractivity contribution in [1.29, 1.82) is 5.26 Å². The maximum absolute atomic E-state index is 14.1. The number of piperazine rings is 1. The number of H-pyrrole nitrogens is 1. The number of halogens is 3. The number of nitrogens with one attached hydrogen (secondary N) is 2. The molecule has 10 nitrogen and oxygen atoms in total. The number of hydrogen-bond acceptors (Lipinski definition) is 11. The SMILES string of the molecule is CC.CC#N.CCC.CN1CCCC1.COc1nc2c(c(N3CCNCC3)n1)CCN(c1c(C(F)(F)F)c(C)cc3[nH]ncc13)C2.CS.CSC. The zero-order valence-corrected chi connectivity index (χ0v) is 34.4. The topological polar surface area (TPSA) is 109 Å². The van der Waals surface area contributed by atoms with Crippen LogP contribution in [0.5, 0.6) is 6.01 Å². The molecule has 6 rings (SSSR count). The second-order valence-corrected chi connectivity index (χ2v) is 12.3. The highest BCUT2D eigenvalue weighted by atomic mass is 32.2. The monoisotopic (exact) mass is 757 g/mol. The van der Waals surface area contributed by atoms with Crippen LogP contribution in [-0.4, -0.2) is 104 Å². The summed E-state index contributed by atoms with van der Waals surface area (Å²) in [6, 6.07) is 3.48. The quantitative estimate of drug-likeness (QED) is 0.229. The number of aromatic amines is 1. The van der Waals surface area contributed by atoms with E-state index >= 15 is 0 Å². The molecule has 0 bridgehead atoms. The largest absolute Gasteiger partial charge is 0.467 e. The van der Waals surface area contributed by atoms with E-state index in [9.17, 15) is 13.2 Å². The van der Waals surface area contributed by atoms with E-state index in [1.54, 1.807) is 29.0 Å². The molecule has 3 aliphatic rings. The standard InChI is InChI=1S/C21H24F3N7O.C5H11N.C3H8.C2H3N.C2H6S.C2H6.CH4S/c1-12-9-15-14(10-26-29-15)18(17(12)21(22,23)24)31-6-3-13-16(11-31)27-20(32-2)28-19(13)30-7-4-25-5-8-30;1-6-4-2-3-5-6;1-3-2;1-2-3;1-3-2;2*1-2/h9-10,25H,3-8,11H2,1-2H3,(H,26,29);2-5H2,1H3;3H2,1-2H3;1H3;1-2H3;1-2H3;2H,1H3. The average molecular weight is 758 g/mol. The van der Waals surface area contributed by atoms with Gasteiger partial charge in [-0.05, 0) is 76.7 Å². The van der Waals surface area contributed by atoms with Gasteiger partial charge in [-0.1, -0.05) is 34.1 Å². The van der Waals surface area contributed by atoms with E-state index in [0.29, 0.717) is 29.6 Å². The number of benzene rings is 1. The molecule has 2 N–H and O–H groups in total. The third-order valence-corrected chi connectivity index (χ3v) is 7.47. The minimum absolute atomic E-state index is 0.146. The van der Waals surface area contributed by atoms with Crippen LogP contribution in [0.1, 0.15) is 76.3 Å². The first kappa shape index (κ1) is 48.1. The third-order valence-electron chi connectivity index (χ3n) is 7.47. The molecule has 1 aromatic carbocycles. The Labute approximate surface area is 314 Å². The number of aryl methyl sites for hydroxylation is 1. The molecular formula is C36H62F3N9OS2. The van der Waals surface area contributed by atoms with Crippen molar-refractivity contribution in [2.75, 3.05) is 88.5 Å². The predicted molar refractivity (Wildman–Crippen MR) is 214 cm³/mol. The summed E-state index contributed by atoms with van der Waals surface area (Å²) in [6.45, 7) is 17.8. The number of nitriles is 1. The Balaban J connectivity index is 0.00000110. The Morgan fingerprint density at radius 3 is 2.04 bits per heavy atom. The number of hydrogen-bond donors (Lipinski definition) is 3. The summed E-state index contributed by atoms with van der Waals surface area (Å²) < 4.78 is 47.6. The highest BCUT2D eigenvalue weighted by Gasteiger charge is 2.39. The molecule has 0 unspecified atom stereocenters. The number of fused-ring (bicyclic) bond motifs is 2. The molecular weight excluding hydrogens is 696 g/mol. The fourth-order valence-corrected chi connectivity index (χ4v) is 5.58. The summed E-state index contributed by atoms with van der Waals surface area (Å²) in [6.07, 6.45) is 7.37. The van der Waals surface area contributed by atoms with Crippen LogP contribution in [0.4, 0.5) is 24.7 Å². The highest BCUT2D eigenvalue weighted by molar-refractivity contribution is 7.97. The summed E-state index contributed by atoms with van der Waals surface area (Å²) in [4.78, 5) is 15.4. The van der Waals surface area contributed by atoms with E-state index in [-0.39, 0.29) is 23.8 Å². The van der Waals surface area contributed by atoms with Crippen molar-refractivity contribution in [3.05, 3.63) is 34.6 Å². The maximum atomic E-state index is 14.1. The molecule has 290 valence electrons. The normalized spacial score (nSPS) is 14.8. The number of thiol groups is 1. The molecule has 0 aliphatic carbocycles. The number of likely N-dealkylation sites (tertiary alicyclic amines) is 1. The van der Waals surface area contributed by atoms with E-state index < -0.39 is 11.7 Å². The maximum Gasteiger partial charge on any atom is 0.418 e. The fraction of sp³-hybridized carbons (Fsp3) is 0.667. The summed E-state index contributed by atoms with van der Waals surface area (Å²) in [5.74, 6) is 0.821. The third kappa shape index (κ3) is 15.3. The van der Waals surface area contributed by atoms with Gasteiger partial charge in [-0.25, -0.2) is 0 Å². The van der Waals surface area contributed by atoms with Crippen molar-refractivity contribution in [3.8, 4) is 12.1 Å². The number of rotatable bonds is 3. The summed E-state index contributed by atoms with van der Waals surface area (Å²) in [5, 5.41) is 17.9. The van der Waals surface area contributed by atoms with Crippen molar-refractivity contribution in [1.82, 2.24) is 30.4 Å². The lowest BCUT2D eigenvalue weighted by Crippen LogP contribution is -2.45. The van der Waals surface area contributed by atoms with Gasteiger partial charge in [0.1, 0.15) is 5.82 Å². The van der Waals surface area contributed by atoms with Gasteiger partial charge in [0.15, 0.2) is 0 Å². The lowest BCUT2D eigenvalue weighted by atomic mass is 9.98. The van der Waals surface area contributed by atoms with Crippen LogP contribution < -0.4 is 19.9 Å². The van der Waals surface area contributed by atoms with Crippen LogP contribution in [0, 0.1) is 18.3 Å². The van der Waals surface area contributed by atoms with Crippen molar-refractivity contribution in [3.63, 3.8) is 0 Å². The van der Waals surface area contributed by atoms with Gasteiger partial charge in [-0.15, -0.1) is 0 Å². The lowest BCUT2D eigenvalue weighted by molar-refractivity contribution is -0.137. The van der Waals surface area contributed by atoms with Crippen LogP contribution in [0.2, 0.25) is 0 Å². The second kappa shape index (κ2) is 26.8. The average Bonchev–Trinajstić information content (AvgIpc) is 3.81. The van der Waals surface area contributed by atoms with Crippen LogP contribution in [0.3, 0.4) is 0 Å². The van der Waals surface area contributed by atoms with Gasteiger partial charge < -0.3 is 24.8 Å². The number of anilines is 2. The number of nitrogens with zero attached hydrogens (tertiary/aromatic N) is 7. The predicted octanol–water partition coefficient (Wildman–Crippen LogP) is 7.87. The number of alkyl halides is 3. The molecule has 3 aromatic rings. The Hall–Kier alpha value is -2.93. The zero-order valence-electron chi connectivity index (χ0n) is 32.7. The first-order valence-electron chi connectivity index (χ1n) is 17.5. The van der Waals surface area contributed by atoms with E-state index in [1.165, 1.54) is 65.6 Å². The van der Waals surface area contributed by atoms with Gasteiger partial charge in [0.25, 0.3) is 0 Å². The van der Waals surface area contributed by atoms with Crippen molar-refractivity contribution >= 4 is 46.8 Å². The van der Waals surface area contributed by atoms with E-state index in [2.05, 4.69) is 68.8 Å². The Kier molecular flexibility index (Phi) is 25.2. The van der Waals surface area contributed by atoms with E-state index in [4.69, 9.17) is 10.00 Å². The zero-order chi connectivity index (χ0) is 39.0. The fourth-order valence-electron chi connectivity index (χ4n) is 5.58. The smallest absolute Gasteiger partial charge is 0.418 e. The minimum atomic E-state index is -4.49. The Morgan fingerprint density at radius 1 is 1.02 bits per heavy atom. The van der Waals surface area contributed by atoms with Crippen LogP contribution in [-0.2, 0) is 19.1 Å². The van der Waals surface area contributed by atoms with Gasteiger partial charge in [-0.2, -0.15) is 57.9 Å². The molecule has 0 atom stereocenters. The molecule has 3 aliphatic heterocycles. The molecule has 2 aromatic heterocycles. The molecule has 2 fully saturated rings. The van der Waals surface area contributed by atoms with Gasteiger partial charge in [0.05, 0.1) is 48.4 Å². The molecule has 15 heteroatoms. The van der Waals surface area contributed by atoms with E-state index in [1.807, 2.05) is 26.4 Å². The number of methoxy groups -OCH3 is 1. The highest BCUT2D eigenvalue weighted by Crippen LogP contribution is 2.44. The van der Waals surface area contributed by atoms with Gasteiger partial charge in [0, 0.05) is 50.6 Å². The first-order chi connectivity index (χ1) is 24.5. The molecule has 0 spiro atoms. The Morgan fingerprint density at radius 2 is 1.57 bits per heavy atom. The van der Waals surface area contributed by atoms with Crippen LogP contribution in [0.15, 0.2) is 12.3 Å². The first-order valence-corrected chi connectivity index (χ1v) is 20.1. The molecule has 2 saturated heterocycles. The number of thioether (sulfide) groups is 1. The lowest BCUT2D eigenvalue weighted by Gasteiger charge is -2.36. The second-order valence-electron chi connectivity index (χ2n) is 11.5. The Bertz CT molecular complexity index is 1400. The number of ether oxygens (including phenoxy) is 1. The molecule has 5 heterocycles. The van der Waals surface area contributed by atoms with Gasteiger partial charge in [0.2, 0.25) is 0 Å². The molecule has 0 amide bonds. The van der Waals surface area contributed by atoms with Crippen molar-refractivity contribution in [2.45, 2.75) is 79.9 Å². The molecule has 0 saturated carbocycles. The number of aromatic nitrogens is 4. The van der Waals surface area contributed by atoms with Crippen molar-refractivity contribution < 1.29 is 17.9 Å². The molecule has 51 heavy (non-hydrogen) atoms. The van der Waals surface area contributed by atoms with Crippen molar-refractivity contribution in [2.24, 2.45) is 0 Å². The van der Waals surface area contributed by atoms with Gasteiger partial charge >= 0.3 is 12.2 Å².